The van der Waals surface area contributed by atoms with Gasteiger partial charge in [0.05, 0.1) is 28.4 Å². The Morgan fingerprint density at radius 2 is 1.04 bits per heavy atom. The van der Waals surface area contributed by atoms with Gasteiger partial charge in [-0.3, -0.25) is 14.1 Å². The lowest BCUT2D eigenvalue weighted by molar-refractivity contribution is -0.135. The molecule has 0 unspecified atom stereocenters. The van der Waals surface area contributed by atoms with E-state index in [1.54, 1.807) is 66.7 Å². The second-order valence-corrected chi connectivity index (χ2v) is 13.6. The van der Waals surface area contributed by atoms with Crippen LogP contribution in [0.15, 0.2) is 145 Å². The number of carbonyl (C=O) groups is 2. The molecule has 0 bridgehead atoms. The van der Waals surface area contributed by atoms with Gasteiger partial charge in [0.25, 0.3) is 10.1 Å². The topological polar surface area (TPSA) is 299 Å². The molecule has 18 nitrogen and oxygen atoms in total. The first-order valence-electron chi connectivity index (χ1n) is 16.7. The zero-order valence-electron chi connectivity index (χ0n) is 29.5. The normalized spacial score (nSPS) is 11.8. The van der Waals surface area contributed by atoms with E-state index in [0.29, 0.717) is 39.8 Å². The number of phenols is 1. The summed E-state index contributed by atoms with van der Waals surface area (Å²) in [5.74, 6) is -2.61. The standard InChI is InChI=1S/C38H32N10O8S/c39-30-17-26(41-19-35(49)50)11-13-32(30)46-43-24-6-1-21(2-7-24)22-3-8-25(9-4-22)44-48-37-34(57(54,55)56)15-23-5-10-28(16-29(23)38(37)53)45-47-33-14-12-27(18-31(33)40)42-20-36(51)52/h1-18,41-42,53H,19-20,39-40H2,(H,49,50)(H,51,52)(H,54,55,56). The van der Waals surface area contributed by atoms with Gasteiger partial charge in [-0.2, -0.15) is 23.8 Å². The van der Waals surface area contributed by atoms with E-state index in [1.165, 1.54) is 24.3 Å². The van der Waals surface area contributed by atoms with Gasteiger partial charge < -0.3 is 37.4 Å². The lowest BCUT2D eigenvalue weighted by atomic mass is 10.1. The van der Waals surface area contributed by atoms with Crippen LogP contribution in [-0.2, 0) is 19.7 Å². The minimum atomic E-state index is -4.85. The van der Waals surface area contributed by atoms with Crippen LogP contribution < -0.4 is 22.1 Å². The number of nitrogen functional groups attached to an aromatic ring is 2. The fraction of sp³-hybridized carbons (Fsp3) is 0.0526. The summed E-state index contributed by atoms with van der Waals surface area (Å²) in [5, 5.41) is 59.6. The molecule has 288 valence electrons. The van der Waals surface area contributed by atoms with E-state index in [0.717, 1.165) is 17.2 Å². The molecule has 0 saturated heterocycles. The first-order chi connectivity index (χ1) is 27.2. The summed E-state index contributed by atoms with van der Waals surface area (Å²) in [4.78, 5) is 20.9. The third kappa shape index (κ3) is 9.86. The van der Waals surface area contributed by atoms with Crippen molar-refractivity contribution in [3.05, 3.63) is 109 Å². The molecule has 0 aliphatic heterocycles. The van der Waals surface area contributed by atoms with Gasteiger partial charge >= 0.3 is 11.9 Å². The van der Waals surface area contributed by atoms with Crippen LogP contribution in [-0.4, -0.2) is 53.3 Å². The molecule has 19 heteroatoms. The predicted molar refractivity (Wildman–Crippen MR) is 214 cm³/mol. The Labute approximate surface area is 323 Å². The van der Waals surface area contributed by atoms with Crippen LogP contribution >= 0.6 is 0 Å². The van der Waals surface area contributed by atoms with Crippen molar-refractivity contribution in [1.29, 1.82) is 0 Å². The van der Waals surface area contributed by atoms with Crippen LogP contribution in [0, 0.1) is 0 Å². The van der Waals surface area contributed by atoms with Crippen molar-refractivity contribution in [2.24, 2.45) is 30.7 Å². The Morgan fingerprint density at radius 1 is 0.579 bits per heavy atom. The number of nitrogens with two attached hydrogens (primary N) is 2. The van der Waals surface area contributed by atoms with Crippen LogP contribution in [0.25, 0.3) is 21.9 Å². The third-order valence-electron chi connectivity index (χ3n) is 8.14. The number of phenolic OH excluding ortho intramolecular Hbond substituents is 1. The number of aromatic hydroxyl groups is 1. The van der Waals surface area contributed by atoms with Crippen molar-refractivity contribution >= 4 is 89.7 Å². The molecular formula is C38H32N10O8S. The van der Waals surface area contributed by atoms with Gasteiger partial charge in [0.2, 0.25) is 0 Å². The molecule has 0 heterocycles. The predicted octanol–water partition coefficient (Wildman–Crippen LogP) is 8.86. The van der Waals surface area contributed by atoms with Crippen molar-refractivity contribution in [3.8, 4) is 16.9 Å². The maximum Gasteiger partial charge on any atom is 0.322 e. The highest BCUT2D eigenvalue weighted by molar-refractivity contribution is 7.86. The quantitative estimate of drug-likeness (QED) is 0.0291. The number of carboxylic acids is 2. The van der Waals surface area contributed by atoms with Gasteiger partial charge in [-0.25, -0.2) is 0 Å². The Morgan fingerprint density at radius 3 is 1.49 bits per heavy atom. The maximum atomic E-state index is 12.4. The molecule has 6 aromatic carbocycles. The lowest BCUT2D eigenvalue weighted by Crippen LogP contribution is -2.12. The second-order valence-electron chi connectivity index (χ2n) is 12.2. The van der Waals surface area contributed by atoms with E-state index < -0.39 is 38.4 Å². The van der Waals surface area contributed by atoms with Crippen molar-refractivity contribution in [2.75, 3.05) is 35.2 Å². The molecule has 0 aromatic heterocycles. The minimum absolute atomic E-state index is 0.152. The second kappa shape index (κ2) is 16.7. The van der Waals surface area contributed by atoms with E-state index >= 15 is 0 Å². The number of nitrogens with zero attached hydrogens (tertiary/aromatic N) is 6. The van der Waals surface area contributed by atoms with Gasteiger partial charge in [-0.1, -0.05) is 30.3 Å². The zero-order valence-corrected chi connectivity index (χ0v) is 30.3. The number of aliphatic carboxylic acids is 2. The summed E-state index contributed by atoms with van der Waals surface area (Å²) in [7, 11) is -4.85. The molecule has 0 amide bonds. The number of azo groups is 3. The number of hydrogen-bond donors (Lipinski definition) is 8. The average Bonchev–Trinajstić information content (AvgIpc) is 3.18. The molecule has 57 heavy (non-hydrogen) atoms. The summed E-state index contributed by atoms with van der Waals surface area (Å²) >= 11 is 0. The van der Waals surface area contributed by atoms with Crippen LogP contribution in [0.4, 0.5) is 56.9 Å². The van der Waals surface area contributed by atoms with Gasteiger partial charge in [0.15, 0.2) is 5.75 Å². The van der Waals surface area contributed by atoms with E-state index in [-0.39, 0.29) is 35.2 Å². The molecule has 0 aliphatic rings. The van der Waals surface area contributed by atoms with Gasteiger partial charge in [0, 0.05) is 16.8 Å². The van der Waals surface area contributed by atoms with Crippen LogP contribution in [0.1, 0.15) is 0 Å². The Kier molecular flexibility index (Phi) is 11.4. The fourth-order valence-corrected chi connectivity index (χ4v) is 5.98. The van der Waals surface area contributed by atoms with Crippen molar-refractivity contribution in [3.63, 3.8) is 0 Å². The number of nitrogens with one attached hydrogen (secondary N) is 2. The maximum absolute atomic E-state index is 12.4. The highest BCUT2D eigenvalue weighted by Crippen LogP contribution is 2.43. The molecule has 0 atom stereocenters. The monoisotopic (exact) mass is 788 g/mol. The number of rotatable bonds is 14. The van der Waals surface area contributed by atoms with Crippen LogP contribution in [0.5, 0.6) is 5.75 Å². The largest absolute Gasteiger partial charge is 0.505 e. The first-order valence-corrected chi connectivity index (χ1v) is 18.1. The summed E-state index contributed by atoms with van der Waals surface area (Å²) in [6, 6.07) is 29.0. The number of fused-ring (bicyclic) bond motifs is 1. The Bertz CT molecular complexity index is 2710. The third-order valence-corrected chi connectivity index (χ3v) is 9.00. The van der Waals surface area contributed by atoms with E-state index in [4.69, 9.17) is 21.7 Å². The Hall–Kier alpha value is -7.77. The fourth-order valence-electron chi connectivity index (χ4n) is 5.32. The molecule has 6 rings (SSSR count). The molecular weight excluding hydrogens is 757 g/mol. The molecule has 0 fully saturated rings. The van der Waals surface area contributed by atoms with Crippen molar-refractivity contribution < 1.29 is 37.9 Å². The highest BCUT2D eigenvalue weighted by atomic mass is 32.2. The number of benzene rings is 6. The van der Waals surface area contributed by atoms with Crippen molar-refractivity contribution in [2.45, 2.75) is 4.90 Å². The molecule has 6 aromatic rings. The van der Waals surface area contributed by atoms with Crippen molar-refractivity contribution in [1.82, 2.24) is 0 Å². The smallest absolute Gasteiger partial charge is 0.322 e. The summed E-state index contributed by atoms with van der Waals surface area (Å²) in [5.41, 5.74) is 16.7. The number of anilines is 4. The van der Waals surface area contributed by atoms with E-state index in [2.05, 4.69) is 41.3 Å². The summed E-state index contributed by atoms with van der Waals surface area (Å²) in [6.45, 7) is -0.546. The zero-order chi connectivity index (χ0) is 40.7. The molecule has 10 N–H and O–H groups in total. The highest BCUT2D eigenvalue weighted by Gasteiger charge is 2.22. The molecule has 0 radical (unpaired) electrons. The molecule has 0 spiro atoms. The van der Waals surface area contributed by atoms with Gasteiger partial charge in [-0.15, -0.1) is 15.3 Å². The van der Waals surface area contributed by atoms with Gasteiger partial charge in [-0.05, 0) is 95.4 Å². The number of hydrogen-bond acceptors (Lipinski definition) is 15. The SMILES string of the molecule is Nc1cc(NCC(=O)O)ccc1N=Nc1ccc(-c2ccc(N=Nc3c(S(=O)(=O)O)cc4ccc(N=Nc5ccc(NCC(=O)O)cc5N)cc4c3O)cc2)cc1. The lowest BCUT2D eigenvalue weighted by Gasteiger charge is -2.09. The first kappa shape index (κ1) is 38.9. The van der Waals surface area contributed by atoms with Crippen LogP contribution in [0.2, 0.25) is 0 Å². The van der Waals surface area contributed by atoms with Gasteiger partial charge in [0.1, 0.15) is 35.0 Å². The summed E-state index contributed by atoms with van der Waals surface area (Å²) < 4.78 is 34.7. The van der Waals surface area contributed by atoms with E-state index in [1.807, 2.05) is 12.1 Å². The minimum Gasteiger partial charge on any atom is -0.505 e. The van der Waals surface area contributed by atoms with Crippen LogP contribution in [0.3, 0.4) is 0 Å². The summed E-state index contributed by atoms with van der Waals surface area (Å²) in [6.07, 6.45) is 0. The Balaban J connectivity index is 1.18. The molecule has 0 saturated carbocycles. The molecule has 0 aliphatic carbocycles. The average molecular weight is 789 g/mol. The number of carboxylic acid groups (broad SMARTS) is 2. The van der Waals surface area contributed by atoms with E-state index in [9.17, 15) is 27.7 Å².